The van der Waals surface area contributed by atoms with Crippen LogP contribution in [0.5, 0.6) is 0 Å². The molecule has 8 nitrogen and oxygen atoms in total. The van der Waals surface area contributed by atoms with Crippen LogP contribution < -0.4 is 5.69 Å². The Balaban J connectivity index is 1.62. The van der Waals surface area contributed by atoms with E-state index >= 15 is 0 Å². The topological polar surface area (TPSA) is 92.6 Å². The highest BCUT2D eigenvalue weighted by molar-refractivity contribution is 7.91. The maximum Gasteiger partial charge on any atom is 0.347 e. The first-order chi connectivity index (χ1) is 11.5. The number of rotatable bonds is 4. The van der Waals surface area contributed by atoms with Crippen molar-refractivity contribution >= 4 is 27.3 Å². The molecule has 0 unspecified atom stereocenters. The van der Waals surface area contributed by atoms with Gasteiger partial charge in [-0.25, -0.2) is 18.2 Å². The molecule has 1 fully saturated rings. The van der Waals surface area contributed by atoms with Crippen molar-refractivity contribution in [2.45, 2.75) is 10.8 Å². The molecule has 1 aliphatic rings. The van der Waals surface area contributed by atoms with Gasteiger partial charge in [0.25, 0.3) is 10.0 Å². The molecule has 24 heavy (non-hydrogen) atoms. The van der Waals surface area contributed by atoms with Crippen molar-refractivity contribution in [1.29, 1.82) is 0 Å². The number of carbonyl (C=O) groups excluding carboxylic acids is 1. The van der Waals surface area contributed by atoms with E-state index in [0.717, 1.165) is 0 Å². The van der Waals surface area contributed by atoms with Crippen LogP contribution >= 0.6 is 11.3 Å². The minimum atomic E-state index is -3.48. The molecule has 0 spiro atoms. The molecule has 0 aliphatic carbocycles. The zero-order chi connectivity index (χ0) is 17.2. The van der Waals surface area contributed by atoms with E-state index in [9.17, 15) is 18.0 Å². The normalized spacial score (nSPS) is 16.2. The van der Waals surface area contributed by atoms with Gasteiger partial charge in [-0.1, -0.05) is 6.07 Å². The molecular formula is C14H16N4O4S2. The Hall–Kier alpha value is -2.04. The lowest BCUT2D eigenvalue weighted by atomic mass is 10.3. The number of nitrogens with zero attached hydrogens (tertiary/aromatic N) is 4. The Morgan fingerprint density at radius 3 is 2.58 bits per heavy atom. The van der Waals surface area contributed by atoms with E-state index in [-0.39, 0.29) is 25.5 Å². The smallest absolute Gasteiger partial charge is 0.338 e. The van der Waals surface area contributed by atoms with Gasteiger partial charge in [-0.15, -0.1) is 11.3 Å². The first kappa shape index (κ1) is 16.8. The molecule has 0 N–H and O–H groups in total. The number of thiophene rings is 1. The number of piperazine rings is 1. The van der Waals surface area contributed by atoms with Crippen molar-refractivity contribution in [3.8, 4) is 0 Å². The third kappa shape index (κ3) is 3.40. The van der Waals surface area contributed by atoms with Gasteiger partial charge in [0.2, 0.25) is 5.91 Å². The lowest BCUT2D eigenvalue weighted by molar-refractivity contribution is -0.133. The average molecular weight is 368 g/mol. The van der Waals surface area contributed by atoms with Crippen LogP contribution in [0, 0.1) is 0 Å². The van der Waals surface area contributed by atoms with E-state index in [2.05, 4.69) is 4.98 Å². The zero-order valence-electron chi connectivity index (χ0n) is 12.7. The van der Waals surface area contributed by atoms with Crippen LogP contribution in [0.1, 0.15) is 0 Å². The monoisotopic (exact) mass is 368 g/mol. The summed E-state index contributed by atoms with van der Waals surface area (Å²) in [4.78, 5) is 29.0. The van der Waals surface area contributed by atoms with Gasteiger partial charge in [0, 0.05) is 38.6 Å². The van der Waals surface area contributed by atoms with Crippen molar-refractivity contribution < 1.29 is 13.2 Å². The minimum absolute atomic E-state index is 0.0929. The quantitative estimate of drug-likeness (QED) is 0.748. The summed E-state index contributed by atoms with van der Waals surface area (Å²) in [5, 5.41) is 1.72. The standard InChI is InChI=1S/C14H16N4O4S2/c19-12(11-17-5-2-4-15-14(17)20)16-6-8-18(9-7-16)24(21,22)13-3-1-10-23-13/h1-5,10H,6-9,11H2. The lowest BCUT2D eigenvalue weighted by Gasteiger charge is -2.33. The van der Waals surface area contributed by atoms with E-state index in [4.69, 9.17) is 0 Å². The molecule has 1 saturated heterocycles. The fourth-order valence-corrected chi connectivity index (χ4v) is 5.04. The number of hydrogen-bond donors (Lipinski definition) is 0. The summed E-state index contributed by atoms with van der Waals surface area (Å²) in [5.41, 5.74) is -0.482. The molecule has 0 saturated carbocycles. The predicted molar refractivity (Wildman–Crippen MR) is 88.2 cm³/mol. The Labute approximate surface area is 143 Å². The van der Waals surface area contributed by atoms with Crippen LogP contribution in [0.25, 0.3) is 0 Å². The Bertz CT molecular complexity index is 868. The van der Waals surface area contributed by atoms with Crippen molar-refractivity contribution in [2.24, 2.45) is 0 Å². The zero-order valence-corrected chi connectivity index (χ0v) is 14.4. The van der Waals surface area contributed by atoms with E-state index in [1.54, 1.807) is 28.5 Å². The van der Waals surface area contributed by atoms with Crippen LogP contribution in [0.2, 0.25) is 0 Å². The number of aromatic nitrogens is 2. The molecule has 1 amide bonds. The summed E-state index contributed by atoms with van der Waals surface area (Å²) in [5.74, 6) is -0.224. The van der Waals surface area contributed by atoms with Gasteiger partial charge < -0.3 is 4.90 Å². The van der Waals surface area contributed by atoms with Gasteiger partial charge in [-0.2, -0.15) is 4.31 Å². The number of carbonyl (C=O) groups is 1. The van der Waals surface area contributed by atoms with Gasteiger partial charge in [0.15, 0.2) is 0 Å². The van der Waals surface area contributed by atoms with E-state index < -0.39 is 15.7 Å². The maximum atomic E-state index is 12.4. The summed E-state index contributed by atoms with van der Waals surface area (Å²) in [6.45, 7) is 1.00. The van der Waals surface area contributed by atoms with Gasteiger partial charge in [0.05, 0.1) is 0 Å². The fourth-order valence-electron chi connectivity index (χ4n) is 2.47. The summed E-state index contributed by atoms with van der Waals surface area (Å²) in [7, 11) is -3.48. The van der Waals surface area contributed by atoms with Gasteiger partial charge in [-0.3, -0.25) is 9.36 Å². The van der Waals surface area contributed by atoms with Crippen molar-refractivity contribution in [3.63, 3.8) is 0 Å². The van der Waals surface area contributed by atoms with Crippen molar-refractivity contribution in [3.05, 3.63) is 46.5 Å². The third-order valence-corrected chi connectivity index (χ3v) is 7.04. The molecule has 128 valence electrons. The van der Waals surface area contributed by atoms with E-state index in [0.29, 0.717) is 17.3 Å². The second-order valence-electron chi connectivity index (χ2n) is 5.25. The first-order valence-corrected chi connectivity index (χ1v) is 9.63. The highest BCUT2D eigenvalue weighted by Crippen LogP contribution is 2.22. The van der Waals surface area contributed by atoms with Crippen molar-refractivity contribution in [2.75, 3.05) is 26.2 Å². The molecular weight excluding hydrogens is 352 g/mol. The second kappa shape index (κ2) is 6.83. The molecule has 0 bridgehead atoms. The largest absolute Gasteiger partial charge is 0.347 e. The van der Waals surface area contributed by atoms with Gasteiger partial charge in [0.1, 0.15) is 10.8 Å². The lowest BCUT2D eigenvalue weighted by Crippen LogP contribution is -2.51. The van der Waals surface area contributed by atoms with Gasteiger partial charge in [-0.05, 0) is 17.5 Å². The molecule has 2 aromatic rings. The Morgan fingerprint density at radius 1 is 1.21 bits per heavy atom. The van der Waals surface area contributed by atoms with Crippen LogP contribution in [0.15, 0.2) is 45.0 Å². The van der Waals surface area contributed by atoms with E-state index in [1.807, 2.05) is 0 Å². The molecule has 0 radical (unpaired) electrons. The second-order valence-corrected chi connectivity index (χ2v) is 8.36. The summed E-state index contributed by atoms with van der Waals surface area (Å²) in [6, 6.07) is 4.86. The number of sulfonamides is 1. The van der Waals surface area contributed by atoms with Crippen LogP contribution in [-0.2, 0) is 21.4 Å². The SMILES string of the molecule is O=C(Cn1cccnc1=O)N1CCN(S(=O)(=O)c2cccs2)CC1. The fraction of sp³-hybridized carbons (Fsp3) is 0.357. The first-order valence-electron chi connectivity index (χ1n) is 7.31. The molecule has 3 heterocycles. The molecule has 1 aliphatic heterocycles. The molecule has 3 rings (SSSR count). The van der Waals surface area contributed by atoms with Crippen LogP contribution in [-0.4, -0.2) is 59.3 Å². The highest BCUT2D eigenvalue weighted by Gasteiger charge is 2.30. The highest BCUT2D eigenvalue weighted by atomic mass is 32.2. The molecule has 0 aromatic carbocycles. The van der Waals surface area contributed by atoms with E-state index in [1.165, 1.54) is 32.6 Å². The summed E-state index contributed by atoms with van der Waals surface area (Å²) in [6.07, 6.45) is 2.88. The van der Waals surface area contributed by atoms with Crippen molar-refractivity contribution in [1.82, 2.24) is 18.8 Å². The summed E-state index contributed by atoms with van der Waals surface area (Å²) >= 11 is 1.18. The molecule has 0 atom stereocenters. The number of amides is 1. The predicted octanol–water partition coefficient (Wildman–Crippen LogP) is -0.162. The van der Waals surface area contributed by atoms with Crippen LogP contribution in [0.4, 0.5) is 0 Å². The van der Waals surface area contributed by atoms with Crippen LogP contribution in [0.3, 0.4) is 0 Å². The average Bonchev–Trinajstić information content (AvgIpc) is 3.12. The minimum Gasteiger partial charge on any atom is -0.338 e. The third-order valence-electron chi connectivity index (χ3n) is 3.77. The number of hydrogen-bond acceptors (Lipinski definition) is 6. The maximum absolute atomic E-state index is 12.4. The Morgan fingerprint density at radius 2 is 1.96 bits per heavy atom. The van der Waals surface area contributed by atoms with Gasteiger partial charge >= 0.3 is 5.69 Å². The molecule has 10 heteroatoms. The Kier molecular flexibility index (Phi) is 4.78. The molecule has 2 aromatic heterocycles. The summed E-state index contributed by atoms with van der Waals surface area (Å²) < 4.78 is 27.8.